The maximum Gasteiger partial charge on any atom is 0.365 e. The number of hydrogen-bond donors (Lipinski definition) is 0. The Morgan fingerprint density at radius 1 is 0.398 bits per heavy atom. The van der Waals surface area contributed by atoms with Crippen molar-refractivity contribution < 1.29 is 61.7 Å². The molecule has 0 aromatic heterocycles. The van der Waals surface area contributed by atoms with Gasteiger partial charge in [-0.3, -0.25) is 0 Å². The normalized spacial score (nSPS) is 22.0. The minimum absolute atomic E-state index is 0.00110. The van der Waals surface area contributed by atoms with Crippen molar-refractivity contribution in [3.05, 3.63) is 281 Å². The highest BCUT2D eigenvalue weighted by Crippen LogP contribution is 2.36. The Labute approximate surface area is 485 Å². The van der Waals surface area contributed by atoms with Gasteiger partial charge in [-0.15, -0.1) is 0 Å². The van der Waals surface area contributed by atoms with E-state index in [1.807, 2.05) is 212 Å². The van der Waals surface area contributed by atoms with Crippen LogP contribution in [0.15, 0.2) is 242 Å². The van der Waals surface area contributed by atoms with Gasteiger partial charge in [-0.05, 0) is 63.2 Å². The molecule has 9 atom stereocenters. The zero-order valence-corrected chi connectivity index (χ0v) is 46.3. The quantitative estimate of drug-likeness (QED) is 0.0340. The highest BCUT2D eigenvalue weighted by atomic mass is 16.8. The Balaban J connectivity index is 1.08. The number of ether oxygens (including phenoxy) is 11. The van der Waals surface area contributed by atoms with Crippen molar-refractivity contribution in [2.24, 2.45) is 5.16 Å². The summed E-state index contributed by atoms with van der Waals surface area (Å²) in [6, 6.07) is 75.3. The molecule has 2 saturated heterocycles. The molecular formula is C69H69NO13. The van der Waals surface area contributed by atoms with Gasteiger partial charge in [0.25, 0.3) is 0 Å². The van der Waals surface area contributed by atoms with Gasteiger partial charge in [0, 0.05) is 0 Å². The fourth-order valence-electron chi connectivity index (χ4n) is 9.74. The molecule has 0 aliphatic carbocycles. The molecule has 2 heterocycles. The van der Waals surface area contributed by atoms with Crippen LogP contribution in [0.5, 0.6) is 5.75 Å². The molecule has 8 aromatic rings. The predicted molar refractivity (Wildman–Crippen MR) is 312 cm³/mol. The van der Waals surface area contributed by atoms with E-state index in [9.17, 15) is 4.79 Å². The van der Waals surface area contributed by atoms with Crippen molar-refractivity contribution >= 4 is 11.7 Å². The van der Waals surface area contributed by atoms with Gasteiger partial charge >= 0.3 is 5.97 Å². The number of carbonyl (C=O) groups excluding carboxylic acids is 1. The van der Waals surface area contributed by atoms with Gasteiger partial charge in [-0.25, -0.2) is 4.79 Å². The summed E-state index contributed by atoms with van der Waals surface area (Å²) < 4.78 is 75.3. The Bertz CT molecular complexity index is 3150. The van der Waals surface area contributed by atoms with E-state index < -0.39 is 61.3 Å². The average molecular weight is 1120 g/mol. The van der Waals surface area contributed by atoms with E-state index in [4.69, 9.17) is 62.1 Å². The largest absolute Gasteiger partial charge is 0.497 e. The summed E-state index contributed by atoms with van der Waals surface area (Å²) in [6.45, 7) is 1.31. The van der Waals surface area contributed by atoms with Crippen molar-refractivity contribution in [2.75, 3.05) is 20.3 Å². The van der Waals surface area contributed by atoms with E-state index >= 15 is 0 Å². The van der Waals surface area contributed by atoms with Crippen molar-refractivity contribution in [1.82, 2.24) is 0 Å². The maximum absolute atomic E-state index is 14.0. The lowest BCUT2D eigenvalue weighted by Crippen LogP contribution is -2.65. The highest BCUT2D eigenvalue weighted by Gasteiger charge is 2.54. The molecule has 428 valence electrons. The van der Waals surface area contributed by atoms with Crippen molar-refractivity contribution in [2.45, 2.75) is 102 Å². The first kappa shape index (κ1) is 58.5. The minimum atomic E-state index is -1.43. The topological polar surface area (TPSA) is 140 Å². The van der Waals surface area contributed by atoms with E-state index in [0.29, 0.717) is 5.75 Å². The molecule has 2 fully saturated rings. The van der Waals surface area contributed by atoms with Crippen molar-refractivity contribution in [3.8, 4) is 5.75 Å². The number of methoxy groups -OCH3 is 1. The monoisotopic (exact) mass is 1120 g/mol. The van der Waals surface area contributed by atoms with Gasteiger partial charge in [0.1, 0.15) is 54.2 Å². The van der Waals surface area contributed by atoms with Gasteiger partial charge in [0.05, 0.1) is 72.1 Å². The average Bonchev–Trinajstić information content (AvgIpc) is 3.74. The van der Waals surface area contributed by atoms with E-state index in [1.165, 1.54) is 0 Å². The number of hydrogen-bond acceptors (Lipinski definition) is 14. The summed E-state index contributed by atoms with van der Waals surface area (Å²) in [4.78, 5) is 20.0. The van der Waals surface area contributed by atoms with Gasteiger partial charge in [0.2, 0.25) is 6.29 Å². The minimum Gasteiger partial charge on any atom is -0.497 e. The molecule has 0 bridgehead atoms. The van der Waals surface area contributed by atoms with Crippen LogP contribution in [0, 0.1) is 0 Å². The molecule has 10 rings (SSSR count). The Morgan fingerprint density at radius 2 is 0.783 bits per heavy atom. The second-order valence-electron chi connectivity index (χ2n) is 20.1. The molecule has 14 nitrogen and oxygen atoms in total. The lowest BCUT2D eigenvalue weighted by atomic mass is 9.96. The predicted octanol–water partition coefficient (Wildman–Crippen LogP) is 12.0. The fraction of sp³-hybridized carbons (Fsp3) is 0.275. The molecule has 2 aliphatic heterocycles. The second-order valence-corrected chi connectivity index (χ2v) is 20.1. The first-order valence-electron chi connectivity index (χ1n) is 27.9. The first-order chi connectivity index (χ1) is 41.0. The van der Waals surface area contributed by atoms with Crippen LogP contribution in [0.25, 0.3) is 0 Å². The molecule has 2 aliphatic rings. The van der Waals surface area contributed by atoms with Crippen LogP contribution in [-0.2, 0) is 98.5 Å². The third-order valence-corrected chi connectivity index (χ3v) is 14.1. The van der Waals surface area contributed by atoms with Gasteiger partial charge in [-0.1, -0.05) is 217 Å². The molecule has 0 amide bonds. The van der Waals surface area contributed by atoms with Crippen LogP contribution in [0.2, 0.25) is 0 Å². The molecule has 0 saturated carbocycles. The van der Waals surface area contributed by atoms with E-state index in [-0.39, 0.29) is 70.7 Å². The molecular weight excluding hydrogens is 1050 g/mol. The van der Waals surface area contributed by atoms with Gasteiger partial charge in [-0.2, -0.15) is 0 Å². The fourth-order valence-corrected chi connectivity index (χ4v) is 9.74. The number of benzene rings is 8. The SMILES string of the molecule is COc1ccc(CO[C@@H]2O[C@H](COCc3ccccc3)[C@@H](O[C@H]3O[C@H](COCc4ccccc4)[C@@H](OCc4ccccc4)[C@H](OCc4ccccc4)/C3=N\OC(=O)c3ccccc3)[C@H](OCc3ccccc3)[C@H]2OCc2ccccc2)cc1. The Hall–Kier alpha value is -7.70. The molecule has 0 unspecified atom stereocenters. The summed E-state index contributed by atoms with van der Waals surface area (Å²) in [6.07, 6.45) is -9.20. The lowest BCUT2D eigenvalue weighted by Gasteiger charge is -2.48. The Kier molecular flexibility index (Phi) is 21.9. The van der Waals surface area contributed by atoms with E-state index in [2.05, 4.69) is 0 Å². The lowest BCUT2D eigenvalue weighted by molar-refractivity contribution is -0.346. The first-order valence-corrected chi connectivity index (χ1v) is 27.9. The summed E-state index contributed by atoms with van der Waals surface area (Å²) in [5.74, 6) is 0.00315. The van der Waals surface area contributed by atoms with Crippen molar-refractivity contribution in [1.29, 1.82) is 0 Å². The van der Waals surface area contributed by atoms with Crippen LogP contribution < -0.4 is 4.74 Å². The highest BCUT2D eigenvalue weighted by molar-refractivity contribution is 5.95. The van der Waals surface area contributed by atoms with E-state index in [0.717, 1.165) is 38.9 Å². The summed E-state index contributed by atoms with van der Waals surface area (Å²) >= 11 is 0. The van der Waals surface area contributed by atoms with Crippen molar-refractivity contribution in [3.63, 3.8) is 0 Å². The van der Waals surface area contributed by atoms with Gasteiger partial charge < -0.3 is 56.9 Å². The second kappa shape index (κ2) is 31.1. The number of carbonyl (C=O) groups is 1. The van der Waals surface area contributed by atoms with Crippen LogP contribution in [-0.4, -0.2) is 87.3 Å². The number of oxime groups is 1. The molecule has 0 spiro atoms. The Morgan fingerprint density at radius 3 is 1.25 bits per heavy atom. The molecule has 8 aromatic carbocycles. The summed E-state index contributed by atoms with van der Waals surface area (Å²) in [7, 11) is 1.63. The molecule has 14 heteroatoms. The third kappa shape index (κ3) is 17.2. The summed E-state index contributed by atoms with van der Waals surface area (Å²) in [5, 5.41) is 4.69. The standard InChI is InChI=1S/C69H69NO13/c1-72-58-39-37-56(38-40-58)47-79-69-66(78-46-55-33-19-7-20-34-55)65(77-45-54-31-17-6-18-32-54)63(60(81-69)49-74-42-51-25-11-3-12-26-51)82-68-61(70-83-67(71)57-35-21-8-22-36-57)64(76-44-53-29-15-5-16-30-53)62(75-43-52-27-13-4-14-28-52)59(80-68)48-73-41-50-23-9-2-10-24-50/h2-40,59-60,62-66,68-69H,41-49H2,1H3/b70-61+/t59-,60-,62-,63-,64-,65+,66-,68-,69-/m1/s1. The third-order valence-electron chi connectivity index (χ3n) is 14.1. The molecule has 83 heavy (non-hydrogen) atoms. The van der Waals surface area contributed by atoms with Crippen LogP contribution >= 0.6 is 0 Å². The number of rotatable bonds is 28. The van der Waals surface area contributed by atoms with Crippen LogP contribution in [0.3, 0.4) is 0 Å². The number of nitrogens with zero attached hydrogens (tertiary/aromatic N) is 1. The molecule has 0 N–H and O–H groups in total. The zero-order valence-electron chi connectivity index (χ0n) is 46.3. The van der Waals surface area contributed by atoms with Crippen LogP contribution in [0.1, 0.15) is 49.3 Å². The maximum atomic E-state index is 14.0. The zero-order chi connectivity index (χ0) is 56.7. The van der Waals surface area contributed by atoms with Crippen LogP contribution in [0.4, 0.5) is 0 Å². The van der Waals surface area contributed by atoms with Gasteiger partial charge in [0.15, 0.2) is 6.29 Å². The summed E-state index contributed by atoms with van der Waals surface area (Å²) in [5.41, 5.74) is 6.75. The van der Waals surface area contributed by atoms with E-state index in [1.54, 1.807) is 31.4 Å². The smallest absolute Gasteiger partial charge is 0.365 e. The molecule has 0 radical (unpaired) electrons.